The second kappa shape index (κ2) is 6.70. The fraction of sp³-hybridized carbons (Fsp3) is 0.333. The van der Waals surface area contributed by atoms with E-state index >= 15 is 0 Å². The van der Waals surface area contributed by atoms with E-state index in [4.69, 9.17) is 0 Å². The molecule has 0 aliphatic heterocycles. The largest absolute Gasteiger partial charge is 0.370 e. The van der Waals surface area contributed by atoms with Gasteiger partial charge in [0.2, 0.25) is 0 Å². The first-order valence-electron chi connectivity index (χ1n) is 6.63. The van der Waals surface area contributed by atoms with Crippen molar-refractivity contribution in [2.24, 2.45) is 5.92 Å². The number of aromatic nitrogens is 2. The maximum absolute atomic E-state index is 4.24. The maximum atomic E-state index is 4.24. The average Bonchev–Trinajstić information content (AvgIpc) is 2.41. The topological polar surface area (TPSA) is 49.8 Å². The van der Waals surface area contributed by atoms with Crippen molar-refractivity contribution in [2.45, 2.75) is 20.8 Å². The normalized spacial score (nSPS) is 10.7. The quantitative estimate of drug-likeness (QED) is 0.852. The number of benzene rings is 1. The van der Waals surface area contributed by atoms with E-state index in [0.717, 1.165) is 28.3 Å². The third-order valence-corrected chi connectivity index (χ3v) is 3.68. The molecule has 20 heavy (non-hydrogen) atoms. The molecule has 4 nitrogen and oxygen atoms in total. The average molecular weight is 335 g/mol. The van der Waals surface area contributed by atoms with E-state index in [0.29, 0.717) is 5.92 Å². The number of hydrogen-bond acceptors (Lipinski definition) is 4. The number of hydrogen-bond donors (Lipinski definition) is 2. The van der Waals surface area contributed by atoms with Crippen LogP contribution >= 0.6 is 15.9 Å². The molecule has 2 rings (SSSR count). The lowest BCUT2D eigenvalue weighted by Crippen LogP contribution is -2.09. The van der Waals surface area contributed by atoms with Gasteiger partial charge in [-0.05, 0) is 36.6 Å². The molecule has 0 saturated carbocycles. The van der Waals surface area contributed by atoms with Gasteiger partial charge in [-0.3, -0.25) is 0 Å². The van der Waals surface area contributed by atoms with Crippen LogP contribution in [0.4, 0.5) is 17.3 Å². The first-order chi connectivity index (χ1) is 9.54. The highest BCUT2D eigenvalue weighted by Gasteiger charge is 2.02. The first kappa shape index (κ1) is 14.8. The summed E-state index contributed by atoms with van der Waals surface area (Å²) in [7, 11) is 0. The van der Waals surface area contributed by atoms with Crippen LogP contribution in [-0.4, -0.2) is 16.5 Å². The van der Waals surface area contributed by atoms with Crippen LogP contribution in [0.1, 0.15) is 19.4 Å². The van der Waals surface area contributed by atoms with Crippen molar-refractivity contribution in [1.82, 2.24) is 9.97 Å². The fourth-order valence-corrected chi connectivity index (χ4v) is 1.95. The number of halogens is 1. The number of anilines is 3. The Labute approximate surface area is 128 Å². The van der Waals surface area contributed by atoms with Crippen molar-refractivity contribution in [3.8, 4) is 0 Å². The van der Waals surface area contributed by atoms with Crippen LogP contribution in [0, 0.1) is 12.8 Å². The zero-order valence-electron chi connectivity index (χ0n) is 11.9. The molecule has 5 heteroatoms. The van der Waals surface area contributed by atoms with Gasteiger partial charge in [-0.2, -0.15) is 0 Å². The molecule has 2 aromatic rings. The molecule has 0 bridgehead atoms. The van der Waals surface area contributed by atoms with Crippen molar-refractivity contribution in [3.63, 3.8) is 0 Å². The van der Waals surface area contributed by atoms with Crippen LogP contribution in [0.25, 0.3) is 0 Å². The van der Waals surface area contributed by atoms with Crippen LogP contribution in [0.15, 0.2) is 35.1 Å². The second-order valence-corrected chi connectivity index (χ2v) is 6.01. The molecule has 0 spiro atoms. The lowest BCUT2D eigenvalue weighted by molar-refractivity contribution is 0.687. The standard InChI is InChI=1S/C15H19BrN4/c1-10(2)8-17-14-7-15(19-9-18-14)20-12-4-5-13(16)11(3)6-12/h4-7,9-10H,8H2,1-3H3,(H2,17,18,19,20). The van der Waals surface area contributed by atoms with Gasteiger partial charge in [0.25, 0.3) is 0 Å². The lowest BCUT2D eigenvalue weighted by atomic mass is 10.2. The van der Waals surface area contributed by atoms with E-state index in [9.17, 15) is 0 Å². The first-order valence-corrected chi connectivity index (χ1v) is 7.43. The van der Waals surface area contributed by atoms with Crippen molar-refractivity contribution < 1.29 is 0 Å². The number of nitrogens with zero attached hydrogens (tertiary/aromatic N) is 2. The van der Waals surface area contributed by atoms with E-state index in [2.05, 4.69) is 63.4 Å². The summed E-state index contributed by atoms with van der Waals surface area (Å²) < 4.78 is 1.10. The van der Waals surface area contributed by atoms with Crippen LogP contribution in [0.2, 0.25) is 0 Å². The zero-order chi connectivity index (χ0) is 14.5. The molecular weight excluding hydrogens is 316 g/mol. The lowest BCUT2D eigenvalue weighted by Gasteiger charge is -2.10. The Bertz CT molecular complexity index is 584. The van der Waals surface area contributed by atoms with Crippen LogP contribution in [0.5, 0.6) is 0 Å². The number of nitrogens with one attached hydrogen (secondary N) is 2. The predicted molar refractivity (Wildman–Crippen MR) is 87.5 cm³/mol. The maximum Gasteiger partial charge on any atom is 0.135 e. The highest BCUT2D eigenvalue weighted by molar-refractivity contribution is 9.10. The third-order valence-electron chi connectivity index (χ3n) is 2.79. The van der Waals surface area contributed by atoms with Gasteiger partial charge in [0, 0.05) is 22.8 Å². The predicted octanol–water partition coefficient (Wildman–Crippen LogP) is 4.36. The minimum atomic E-state index is 0.579. The van der Waals surface area contributed by atoms with Gasteiger partial charge in [-0.25, -0.2) is 9.97 Å². The number of rotatable bonds is 5. The molecule has 0 unspecified atom stereocenters. The monoisotopic (exact) mass is 334 g/mol. The molecule has 0 aliphatic rings. The summed E-state index contributed by atoms with van der Waals surface area (Å²) in [5.41, 5.74) is 2.20. The van der Waals surface area contributed by atoms with Gasteiger partial charge < -0.3 is 10.6 Å². The van der Waals surface area contributed by atoms with E-state index < -0.39 is 0 Å². The number of aryl methyl sites for hydroxylation is 1. The minimum absolute atomic E-state index is 0.579. The van der Waals surface area contributed by atoms with Gasteiger partial charge in [0.1, 0.15) is 18.0 Å². The Morgan fingerprint density at radius 3 is 2.60 bits per heavy atom. The summed E-state index contributed by atoms with van der Waals surface area (Å²) in [6, 6.07) is 8.03. The molecule has 0 fully saturated rings. The Morgan fingerprint density at radius 1 is 1.15 bits per heavy atom. The molecule has 1 aromatic carbocycles. The highest BCUT2D eigenvalue weighted by atomic mass is 79.9. The Hall–Kier alpha value is -1.62. The van der Waals surface area contributed by atoms with Crippen molar-refractivity contribution >= 4 is 33.3 Å². The molecule has 2 N–H and O–H groups in total. The van der Waals surface area contributed by atoms with E-state index in [1.54, 1.807) is 6.33 Å². The van der Waals surface area contributed by atoms with Crippen LogP contribution in [-0.2, 0) is 0 Å². The Balaban J connectivity index is 2.08. The summed E-state index contributed by atoms with van der Waals surface area (Å²) in [4.78, 5) is 8.45. The zero-order valence-corrected chi connectivity index (χ0v) is 13.5. The van der Waals surface area contributed by atoms with E-state index in [1.807, 2.05) is 18.2 Å². The van der Waals surface area contributed by atoms with Crippen LogP contribution < -0.4 is 10.6 Å². The smallest absolute Gasteiger partial charge is 0.135 e. The van der Waals surface area contributed by atoms with E-state index in [1.165, 1.54) is 5.56 Å². The van der Waals surface area contributed by atoms with Gasteiger partial charge in [0.15, 0.2) is 0 Å². The highest BCUT2D eigenvalue weighted by Crippen LogP contribution is 2.22. The second-order valence-electron chi connectivity index (χ2n) is 5.15. The molecule has 1 aromatic heterocycles. The molecule has 1 heterocycles. The molecular formula is C15H19BrN4. The fourth-order valence-electron chi connectivity index (χ4n) is 1.70. The molecule has 0 atom stereocenters. The SMILES string of the molecule is Cc1cc(Nc2cc(NCC(C)C)ncn2)ccc1Br. The molecule has 0 radical (unpaired) electrons. The summed E-state index contributed by atoms with van der Waals surface area (Å²) >= 11 is 3.50. The minimum Gasteiger partial charge on any atom is -0.370 e. The van der Waals surface area contributed by atoms with Gasteiger partial charge in [-0.1, -0.05) is 29.8 Å². The molecule has 0 amide bonds. The summed E-state index contributed by atoms with van der Waals surface area (Å²) in [5, 5.41) is 6.58. The Morgan fingerprint density at radius 2 is 1.90 bits per heavy atom. The summed E-state index contributed by atoms with van der Waals surface area (Å²) in [6.07, 6.45) is 1.57. The molecule has 0 aliphatic carbocycles. The van der Waals surface area contributed by atoms with Crippen molar-refractivity contribution in [1.29, 1.82) is 0 Å². The van der Waals surface area contributed by atoms with Gasteiger partial charge >= 0.3 is 0 Å². The van der Waals surface area contributed by atoms with Gasteiger partial charge in [-0.15, -0.1) is 0 Å². The van der Waals surface area contributed by atoms with Crippen molar-refractivity contribution in [2.75, 3.05) is 17.2 Å². The molecule has 106 valence electrons. The molecule has 0 saturated heterocycles. The van der Waals surface area contributed by atoms with Crippen LogP contribution in [0.3, 0.4) is 0 Å². The van der Waals surface area contributed by atoms with Gasteiger partial charge in [0.05, 0.1) is 0 Å². The Kier molecular flexibility index (Phi) is 4.95. The third kappa shape index (κ3) is 4.20. The van der Waals surface area contributed by atoms with E-state index in [-0.39, 0.29) is 0 Å². The summed E-state index contributed by atoms with van der Waals surface area (Å²) in [6.45, 7) is 7.29. The summed E-state index contributed by atoms with van der Waals surface area (Å²) in [5.74, 6) is 2.20. The van der Waals surface area contributed by atoms with Crippen molar-refractivity contribution in [3.05, 3.63) is 40.6 Å².